The highest BCUT2D eigenvalue weighted by Crippen LogP contribution is 2.29. The number of fused-ring (bicyclic) bond motifs is 1. The third-order valence-electron chi connectivity index (χ3n) is 3.21. The number of nitrogens with zero attached hydrogens (tertiary/aromatic N) is 2. The van der Waals surface area contributed by atoms with Crippen molar-refractivity contribution in [1.82, 2.24) is 9.88 Å². The minimum Gasteiger partial charge on any atom is -0.356 e. The minimum atomic E-state index is 0.158. The van der Waals surface area contributed by atoms with Crippen molar-refractivity contribution in [2.75, 3.05) is 25.5 Å². The molecule has 0 bridgehead atoms. The van der Waals surface area contributed by atoms with Crippen LogP contribution in [0.25, 0.3) is 10.2 Å². The van der Waals surface area contributed by atoms with E-state index >= 15 is 0 Å². The first-order valence-corrected chi connectivity index (χ1v) is 7.08. The third kappa shape index (κ3) is 2.31. The van der Waals surface area contributed by atoms with Crippen LogP contribution in [0.1, 0.15) is 0 Å². The van der Waals surface area contributed by atoms with Gasteiger partial charge in [-0.15, -0.1) is 0 Å². The molecule has 2 unspecified atom stereocenters. The molecule has 2 aromatic rings. The smallest absolute Gasteiger partial charge is 0.184 e. The average Bonchev–Trinajstić information content (AvgIpc) is 2.82. The molecule has 0 spiro atoms. The number of hydrogen-bond acceptors (Lipinski definition) is 5. The van der Waals surface area contributed by atoms with Crippen molar-refractivity contribution in [2.24, 2.45) is 5.73 Å². The zero-order valence-corrected chi connectivity index (χ0v) is 11.6. The molecule has 4 nitrogen and oxygen atoms in total. The zero-order chi connectivity index (χ0) is 12.7. The lowest BCUT2D eigenvalue weighted by atomic mass is 10.2. The van der Waals surface area contributed by atoms with Crippen LogP contribution in [-0.2, 0) is 0 Å². The van der Waals surface area contributed by atoms with E-state index in [2.05, 4.69) is 22.2 Å². The van der Waals surface area contributed by atoms with Crippen molar-refractivity contribution < 1.29 is 0 Å². The van der Waals surface area contributed by atoms with Crippen LogP contribution in [-0.4, -0.2) is 42.1 Å². The molecule has 96 valence electrons. The van der Waals surface area contributed by atoms with Gasteiger partial charge in [-0.1, -0.05) is 22.9 Å². The fraction of sp³-hybridized carbons (Fsp3) is 0.417. The molecule has 1 aliphatic heterocycles. The maximum atomic E-state index is 6.09. The minimum absolute atomic E-state index is 0.158. The fourth-order valence-corrected chi connectivity index (χ4v) is 3.51. The van der Waals surface area contributed by atoms with Crippen LogP contribution >= 0.6 is 22.9 Å². The largest absolute Gasteiger partial charge is 0.356 e. The van der Waals surface area contributed by atoms with Gasteiger partial charge in [-0.3, -0.25) is 0 Å². The summed E-state index contributed by atoms with van der Waals surface area (Å²) in [5.41, 5.74) is 7.07. The van der Waals surface area contributed by atoms with E-state index in [4.69, 9.17) is 17.3 Å². The van der Waals surface area contributed by atoms with Crippen molar-refractivity contribution in [3.05, 3.63) is 23.2 Å². The van der Waals surface area contributed by atoms with Crippen LogP contribution in [0, 0.1) is 0 Å². The van der Waals surface area contributed by atoms with Crippen LogP contribution in [0.2, 0.25) is 5.02 Å². The van der Waals surface area contributed by atoms with Gasteiger partial charge in [0.2, 0.25) is 0 Å². The number of likely N-dealkylation sites (N-methyl/N-ethyl adjacent to an activating group) is 1. The van der Waals surface area contributed by atoms with Gasteiger partial charge in [-0.2, -0.15) is 0 Å². The normalized spacial score (nSPS) is 24.8. The van der Waals surface area contributed by atoms with Gasteiger partial charge in [-0.25, -0.2) is 4.98 Å². The number of nitrogens with one attached hydrogen (secondary N) is 1. The summed E-state index contributed by atoms with van der Waals surface area (Å²) in [6, 6.07) is 6.18. The van der Waals surface area contributed by atoms with E-state index < -0.39 is 0 Å². The standard InChI is InChI=1S/C12H15ClN4S/c1-17-5-8(14)10(6-17)16-12-15-9-3-2-7(13)4-11(9)18-12/h2-4,8,10H,5-6,14H2,1H3,(H,15,16). The van der Waals surface area contributed by atoms with Gasteiger partial charge in [0.1, 0.15) is 0 Å². The van der Waals surface area contributed by atoms with E-state index in [-0.39, 0.29) is 12.1 Å². The third-order valence-corrected chi connectivity index (χ3v) is 4.39. The Kier molecular flexibility index (Phi) is 3.15. The highest BCUT2D eigenvalue weighted by molar-refractivity contribution is 7.22. The molecule has 1 aromatic heterocycles. The Balaban J connectivity index is 1.82. The van der Waals surface area contributed by atoms with Crippen LogP contribution in [0.5, 0.6) is 0 Å². The Labute approximate surface area is 115 Å². The van der Waals surface area contributed by atoms with E-state index in [1.54, 1.807) is 11.3 Å². The van der Waals surface area contributed by atoms with Gasteiger partial charge in [0, 0.05) is 24.2 Å². The number of rotatable bonds is 2. The second-order valence-electron chi connectivity index (χ2n) is 4.77. The molecule has 0 aliphatic carbocycles. The molecule has 2 heterocycles. The van der Waals surface area contributed by atoms with E-state index in [1.165, 1.54) is 0 Å². The average molecular weight is 283 g/mol. The van der Waals surface area contributed by atoms with Crippen LogP contribution in [0.15, 0.2) is 18.2 Å². The number of halogens is 1. The molecule has 0 radical (unpaired) electrons. The number of hydrogen-bond donors (Lipinski definition) is 2. The summed E-state index contributed by atoms with van der Waals surface area (Å²) >= 11 is 7.59. The van der Waals surface area contributed by atoms with E-state index in [0.717, 1.165) is 33.5 Å². The molecule has 2 atom stereocenters. The van der Waals surface area contributed by atoms with Crippen LogP contribution in [0.4, 0.5) is 5.13 Å². The van der Waals surface area contributed by atoms with Crippen molar-refractivity contribution >= 4 is 38.3 Å². The Morgan fingerprint density at radius 2 is 2.33 bits per heavy atom. The molecule has 3 N–H and O–H groups in total. The summed E-state index contributed by atoms with van der Waals surface area (Å²) in [5, 5.41) is 5.09. The summed E-state index contributed by atoms with van der Waals surface area (Å²) in [5.74, 6) is 0. The molecule has 3 rings (SSSR count). The number of benzene rings is 1. The number of likely N-dealkylation sites (tertiary alicyclic amines) is 1. The predicted octanol–water partition coefficient (Wildman–Crippen LogP) is 2.00. The quantitative estimate of drug-likeness (QED) is 0.885. The Hall–Kier alpha value is -0.880. The van der Waals surface area contributed by atoms with Crippen LogP contribution in [0.3, 0.4) is 0 Å². The summed E-state index contributed by atoms with van der Waals surface area (Å²) < 4.78 is 1.10. The van der Waals surface area contributed by atoms with Gasteiger partial charge in [0.05, 0.1) is 16.3 Å². The molecular weight excluding hydrogens is 268 g/mol. The van der Waals surface area contributed by atoms with Crippen molar-refractivity contribution in [3.8, 4) is 0 Å². The van der Waals surface area contributed by atoms with Gasteiger partial charge >= 0.3 is 0 Å². The van der Waals surface area contributed by atoms with E-state index in [1.807, 2.05) is 18.2 Å². The number of thiazole rings is 1. The molecule has 1 aromatic carbocycles. The summed E-state index contributed by atoms with van der Waals surface area (Å²) in [7, 11) is 2.08. The predicted molar refractivity (Wildman–Crippen MR) is 77.5 cm³/mol. The lowest BCUT2D eigenvalue weighted by Gasteiger charge is -2.14. The topological polar surface area (TPSA) is 54.2 Å². The monoisotopic (exact) mass is 282 g/mol. The highest BCUT2D eigenvalue weighted by Gasteiger charge is 2.28. The zero-order valence-electron chi connectivity index (χ0n) is 10.1. The Morgan fingerprint density at radius 1 is 1.50 bits per heavy atom. The molecule has 1 fully saturated rings. The van der Waals surface area contributed by atoms with Crippen molar-refractivity contribution in [1.29, 1.82) is 0 Å². The first kappa shape index (κ1) is 12.2. The molecular formula is C12H15ClN4S. The van der Waals surface area contributed by atoms with Gasteiger partial charge < -0.3 is 16.0 Å². The summed E-state index contributed by atoms with van der Waals surface area (Å²) in [4.78, 5) is 6.78. The molecule has 1 saturated heterocycles. The summed E-state index contributed by atoms with van der Waals surface area (Å²) in [6.07, 6.45) is 0. The second-order valence-corrected chi connectivity index (χ2v) is 6.23. The van der Waals surface area contributed by atoms with Crippen molar-refractivity contribution in [3.63, 3.8) is 0 Å². The van der Waals surface area contributed by atoms with Crippen LogP contribution < -0.4 is 11.1 Å². The molecule has 0 saturated carbocycles. The fourth-order valence-electron chi connectivity index (χ4n) is 2.30. The Bertz CT molecular complexity index is 570. The number of anilines is 1. The first-order chi connectivity index (χ1) is 8.61. The van der Waals surface area contributed by atoms with E-state index in [9.17, 15) is 0 Å². The van der Waals surface area contributed by atoms with E-state index in [0.29, 0.717) is 0 Å². The van der Waals surface area contributed by atoms with Gasteiger partial charge in [-0.05, 0) is 25.2 Å². The molecule has 1 aliphatic rings. The van der Waals surface area contributed by atoms with Gasteiger partial charge in [0.15, 0.2) is 5.13 Å². The Morgan fingerprint density at radius 3 is 3.06 bits per heavy atom. The SMILES string of the molecule is CN1CC(N)C(Nc2nc3ccc(Cl)cc3s2)C1. The van der Waals surface area contributed by atoms with Crippen molar-refractivity contribution in [2.45, 2.75) is 12.1 Å². The second kappa shape index (κ2) is 4.66. The maximum Gasteiger partial charge on any atom is 0.184 e. The number of nitrogens with two attached hydrogens (primary N) is 1. The lowest BCUT2D eigenvalue weighted by Crippen LogP contribution is -2.38. The molecule has 18 heavy (non-hydrogen) atoms. The molecule has 0 amide bonds. The lowest BCUT2D eigenvalue weighted by molar-refractivity contribution is 0.409. The number of aromatic nitrogens is 1. The maximum absolute atomic E-state index is 6.09. The summed E-state index contributed by atoms with van der Waals surface area (Å²) in [6.45, 7) is 1.88. The van der Waals surface area contributed by atoms with Gasteiger partial charge in [0.25, 0.3) is 0 Å². The first-order valence-electron chi connectivity index (χ1n) is 5.88. The molecule has 6 heteroatoms. The highest BCUT2D eigenvalue weighted by atomic mass is 35.5.